The SMILES string of the molecule is CC(N)C(=O)N1CCCC1C(=O)NC(CO)C(=O)NC(CS)C(=O)O. The van der Waals surface area contributed by atoms with E-state index in [0.29, 0.717) is 19.4 Å². The fourth-order valence-corrected chi connectivity index (χ4v) is 2.73. The smallest absolute Gasteiger partial charge is 0.327 e. The van der Waals surface area contributed by atoms with E-state index in [1.54, 1.807) is 0 Å². The Labute approximate surface area is 150 Å². The van der Waals surface area contributed by atoms with Gasteiger partial charge in [0.25, 0.3) is 0 Å². The first kappa shape index (κ1) is 21.2. The number of carboxylic acid groups (broad SMARTS) is 1. The van der Waals surface area contributed by atoms with Crippen LogP contribution in [0.15, 0.2) is 0 Å². The Bertz CT molecular complexity index is 529. The molecule has 3 amide bonds. The minimum atomic E-state index is -1.33. The quantitative estimate of drug-likeness (QED) is 0.251. The molecule has 25 heavy (non-hydrogen) atoms. The Hall–Kier alpha value is -1.85. The average molecular weight is 376 g/mol. The molecule has 0 saturated carbocycles. The number of rotatable bonds is 8. The Morgan fingerprint density at radius 2 is 1.92 bits per heavy atom. The molecule has 0 aromatic carbocycles. The molecular weight excluding hydrogens is 352 g/mol. The summed E-state index contributed by atoms with van der Waals surface area (Å²) in [6.45, 7) is 1.18. The monoisotopic (exact) mass is 376 g/mol. The van der Waals surface area contributed by atoms with Crippen molar-refractivity contribution in [3.63, 3.8) is 0 Å². The average Bonchev–Trinajstić information content (AvgIpc) is 3.05. The van der Waals surface area contributed by atoms with Crippen molar-refractivity contribution in [2.24, 2.45) is 5.73 Å². The van der Waals surface area contributed by atoms with Crippen molar-refractivity contribution < 1.29 is 29.4 Å². The van der Waals surface area contributed by atoms with E-state index < -0.39 is 48.6 Å². The van der Waals surface area contributed by atoms with E-state index in [1.807, 2.05) is 0 Å². The third-order valence-electron chi connectivity index (χ3n) is 3.84. The number of carbonyl (C=O) groups is 4. The second-order valence-electron chi connectivity index (χ2n) is 5.80. The molecule has 0 spiro atoms. The summed E-state index contributed by atoms with van der Waals surface area (Å²) < 4.78 is 0. The minimum Gasteiger partial charge on any atom is -0.480 e. The lowest BCUT2D eigenvalue weighted by Gasteiger charge is -2.27. The number of carboxylic acids is 1. The van der Waals surface area contributed by atoms with Crippen LogP contribution in [0.2, 0.25) is 0 Å². The van der Waals surface area contributed by atoms with E-state index in [2.05, 4.69) is 23.3 Å². The fraction of sp³-hybridized carbons (Fsp3) is 0.714. The number of nitrogens with two attached hydrogens (primary N) is 1. The Balaban J connectivity index is 2.73. The molecule has 0 bridgehead atoms. The molecule has 1 rings (SSSR count). The van der Waals surface area contributed by atoms with Gasteiger partial charge in [-0.25, -0.2) is 4.79 Å². The first-order chi connectivity index (χ1) is 11.7. The topological polar surface area (TPSA) is 162 Å². The van der Waals surface area contributed by atoms with Crippen LogP contribution in [0.4, 0.5) is 0 Å². The van der Waals surface area contributed by atoms with Gasteiger partial charge in [-0.05, 0) is 19.8 Å². The summed E-state index contributed by atoms with van der Waals surface area (Å²) in [5.74, 6) is -3.25. The summed E-state index contributed by atoms with van der Waals surface area (Å²) in [7, 11) is 0. The van der Waals surface area contributed by atoms with Crippen LogP contribution in [-0.4, -0.2) is 81.9 Å². The van der Waals surface area contributed by atoms with Crippen LogP contribution in [0.5, 0.6) is 0 Å². The zero-order chi connectivity index (χ0) is 19.1. The molecule has 4 atom stereocenters. The number of likely N-dealkylation sites (tertiary alicyclic amines) is 1. The van der Waals surface area contributed by atoms with Gasteiger partial charge in [-0.1, -0.05) is 0 Å². The lowest BCUT2D eigenvalue weighted by atomic mass is 10.1. The highest BCUT2D eigenvalue weighted by molar-refractivity contribution is 7.80. The van der Waals surface area contributed by atoms with Crippen LogP contribution in [0.1, 0.15) is 19.8 Å². The molecule has 10 nitrogen and oxygen atoms in total. The Morgan fingerprint density at radius 1 is 1.28 bits per heavy atom. The van der Waals surface area contributed by atoms with Crippen LogP contribution >= 0.6 is 12.6 Å². The zero-order valence-corrected chi connectivity index (χ0v) is 14.7. The van der Waals surface area contributed by atoms with Gasteiger partial charge < -0.3 is 31.5 Å². The highest BCUT2D eigenvalue weighted by Gasteiger charge is 2.36. The second kappa shape index (κ2) is 9.59. The predicted molar refractivity (Wildman–Crippen MR) is 90.8 cm³/mol. The molecule has 1 fully saturated rings. The first-order valence-corrected chi connectivity index (χ1v) is 8.47. The molecule has 1 saturated heterocycles. The third kappa shape index (κ3) is 5.58. The highest BCUT2D eigenvalue weighted by atomic mass is 32.1. The van der Waals surface area contributed by atoms with Gasteiger partial charge >= 0.3 is 5.97 Å². The number of nitrogens with zero attached hydrogens (tertiary/aromatic N) is 1. The molecule has 1 aliphatic rings. The van der Waals surface area contributed by atoms with E-state index in [-0.39, 0.29) is 11.7 Å². The highest BCUT2D eigenvalue weighted by Crippen LogP contribution is 2.18. The van der Waals surface area contributed by atoms with Crippen molar-refractivity contribution in [3.8, 4) is 0 Å². The number of hydrogen-bond acceptors (Lipinski definition) is 7. The van der Waals surface area contributed by atoms with E-state index in [9.17, 15) is 24.3 Å². The summed E-state index contributed by atoms with van der Waals surface area (Å²) in [4.78, 5) is 48.7. The van der Waals surface area contributed by atoms with Crippen molar-refractivity contribution in [1.29, 1.82) is 0 Å². The maximum atomic E-state index is 12.4. The van der Waals surface area contributed by atoms with Gasteiger partial charge in [-0.3, -0.25) is 14.4 Å². The van der Waals surface area contributed by atoms with Gasteiger partial charge in [0.2, 0.25) is 17.7 Å². The van der Waals surface area contributed by atoms with Gasteiger partial charge in [0, 0.05) is 12.3 Å². The van der Waals surface area contributed by atoms with Crippen LogP contribution in [0.25, 0.3) is 0 Å². The summed E-state index contributed by atoms with van der Waals surface area (Å²) in [6, 6.07) is -4.11. The first-order valence-electron chi connectivity index (χ1n) is 7.84. The maximum absolute atomic E-state index is 12.4. The van der Waals surface area contributed by atoms with Crippen LogP contribution < -0.4 is 16.4 Å². The molecule has 0 aromatic rings. The molecule has 0 aliphatic carbocycles. The van der Waals surface area contributed by atoms with Gasteiger partial charge in [-0.15, -0.1) is 0 Å². The molecule has 1 heterocycles. The lowest BCUT2D eigenvalue weighted by Crippen LogP contribution is -2.57. The number of amides is 3. The Morgan fingerprint density at radius 3 is 2.40 bits per heavy atom. The zero-order valence-electron chi connectivity index (χ0n) is 13.8. The minimum absolute atomic E-state index is 0.146. The summed E-state index contributed by atoms with van der Waals surface area (Å²) in [6.07, 6.45) is 1.03. The number of hydrogen-bond donors (Lipinski definition) is 6. The van der Waals surface area contributed by atoms with Gasteiger partial charge in [-0.2, -0.15) is 12.6 Å². The van der Waals surface area contributed by atoms with Crippen molar-refractivity contribution in [3.05, 3.63) is 0 Å². The number of nitrogens with one attached hydrogen (secondary N) is 2. The molecule has 4 unspecified atom stereocenters. The van der Waals surface area contributed by atoms with Crippen LogP contribution in [0, 0.1) is 0 Å². The molecular formula is C14H24N4O6S. The lowest BCUT2D eigenvalue weighted by molar-refractivity contribution is -0.142. The van der Waals surface area contributed by atoms with Crippen molar-refractivity contribution in [1.82, 2.24) is 15.5 Å². The number of thiol groups is 1. The van der Waals surface area contributed by atoms with Crippen LogP contribution in [-0.2, 0) is 19.2 Å². The van der Waals surface area contributed by atoms with Crippen molar-refractivity contribution in [2.75, 3.05) is 18.9 Å². The van der Waals surface area contributed by atoms with Gasteiger partial charge in [0.15, 0.2) is 0 Å². The maximum Gasteiger partial charge on any atom is 0.327 e. The molecule has 142 valence electrons. The number of carbonyl (C=O) groups excluding carboxylic acids is 3. The van der Waals surface area contributed by atoms with Gasteiger partial charge in [0.1, 0.15) is 18.1 Å². The van der Waals surface area contributed by atoms with E-state index in [4.69, 9.17) is 10.8 Å². The normalized spacial score (nSPS) is 20.5. The molecule has 11 heteroatoms. The summed E-state index contributed by atoms with van der Waals surface area (Å²) in [5, 5.41) is 22.8. The fourth-order valence-electron chi connectivity index (χ4n) is 2.48. The predicted octanol–water partition coefficient (Wildman–Crippen LogP) is -2.70. The largest absolute Gasteiger partial charge is 0.480 e. The molecule has 6 N–H and O–H groups in total. The summed E-state index contributed by atoms with van der Waals surface area (Å²) >= 11 is 3.82. The standard InChI is InChI=1S/C14H24N4O6S/c1-7(15)13(22)18-4-2-3-10(18)12(21)16-8(5-19)11(20)17-9(6-25)14(23)24/h7-10,19,25H,2-6,15H2,1H3,(H,16,21)(H,17,20)(H,23,24). The van der Waals surface area contributed by atoms with Gasteiger partial charge in [0.05, 0.1) is 12.6 Å². The second-order valence-corrected chi connectivity index (χ2v) is 6.17. The van der Waals surface area contributed by atoms with Crippen molar-refractivity contribution >= 4 is 36.3 Å². The third-order valence-corrected chi connectivity index (χ3v) is 4.21. The summed E-state index contributed by atoms with van der Waals surface area (Å²) in [5.41, 5.74) is 5.56. The molecule has 0 aromatic heterocycles. The van der Waals surface area contributed by atoms with E-state index in [0.717, 1.165) is 0 Å². The van der Waals surface area contributed by atoms with Crippen LogP contribution in [0.3, 0.4) is 0 Å². The number of aliphatic hydroxyl groups excluding tert-OH is 1. The molecule has 0 radical (unpaired) electrons. The van der Waals surface area contributed by atoms with E-state index in [1.165, 1.54) is 11.8 Å². The van der Waals surface area contributed by atoms with Crippen molar-refractivity contribution in [2.45, 2.75) is 43.9 Å². The number of aliphatic carboxylic acids is 1. The molecule has 1 aliphatic heterocycles. The number of aliphatic hydroxyl groups is 1. The Kier molecular flexibility index (Phi) is 8.13. The van der Waals surface area contributed by atoms with E-state index >= 15 is 0 Å².